The van der Waals surface area contributed by atoms with E-state index in [0.29, 0.717) is 3.63 Å². The van der Waals surface area contributed by atoms with Crippen LogP contribution in [-0.2, 0) is 38.2 Å². The first-order valence-electron chi connectivity index (χ1n) is 18.5. The van der Waals surface area contributed by atoms with Crippen molar-refractivity contribution in [2.24, 2.45) is 0 Å². The van der Waals surface area contributed by atoms with Crippen LogP contribution in [0, 0.1) is 0 Å². The molecule has 5 aromatic rings. The van der Waals surface area contributed by atoms with Crippen LogP contribution in [0.1, 0.15) is 98.3 Å². The molecule has 0 aromatic heterocycles. The molecule has 0 spiro atoms. The molecule has 2 aliphatic carbocycles. The van der Waals surface area contributed by atoms with Gasteiger partial charge in [-0.2, -0.15) is 0 Å². The zero-order valence-electron chi connectivity index (χ0n) is 31.2. The van der Waals surface area contributed by atoms with E-state index in [1.807, 2.05) is 3.27 Å². The van der Waals surface area contributed by atoms with Crippen LogP contribution in [0.15, 0.2) is 109 Å². The summed E-state index contributed by atoms with van der Waals surface area (Å²) < 4.78 is 2.46. The molecule has 0 heterocycles. The van der Waals surface area contributed by atoms with E-state index in [1.165, 1.54) is 62.9 Å². The Balaban J connectivity index is 1.37. The van der Waals surface area contributed by atoms with Gasteiger partial charge in [0.15, 0.2) is 0 Å². The molecule has 1 atom stereocenters. The SMILES string of the molecule is CCCC1=Cc2c(-c3ccc(-c4ccccc4)cc3)cccc2[CH]1[Zr]([c]1cc(C(C)(C)C)cc2c1Cc1ccc(C(C)(C)C)cc1-2)[SiH](C)C. The van der Waals surface area contributed by atoms with E-state index in [0.717, 1.165) is 6.42 Å². The summed E-state index contributed by atoms with van der Waals surface area (Å²) in [4.78, 5) is 0. The number of hydrogen-bond donors (Lipinski definition) is 0. The summed E-state index contributed by atoms with van der Waals surface area (Å²) in [5, 5.41) is 0. The van der Waals surface area contributed by atoms with Crippen LogP contribution in [0.3, 0.4) is 0 Å². The third kappa shape index (κ3) is 6.50. The van der Waals surface area contributed by atoms with Crippen molar-refractivity contribution in [1.29, 1.82) is 0 Å². The van der Waals surface area contributed by atoms with Gasteiger partial charge in [0, 0.05) is 0 Å². The van der Waals surface area contributed by atoms with Crippen LogP contribution in [-0.4, -0.2) is 5.92 Å². The summed E-state index contributed by atoms with van der Waals surface area (Å²) in [5.41, 5.74) is 19.6. The molecule has 0 amide bonds. The molecule has 0 nitrogen and oxygen atoms in total. The van der Waals surface area contributed by atoms with Gasteiger partial charge in [0.25, 0.3) is 0 Å². The van der Waals surface area contributed by atoms with Crippen molar-refractivity contribution in [3.63, 3.8) is 0 Å². The van der Waals surface area contributed by atoms with Gasteiger partial charge >= 0.3 is 307 Å². The van der Waals surface area contributed by atoms with Gasteiger partial charge in [-0.3, -0.25) is 0 Å². The molecule has 5 aromatic carbocycles. The van der Waals surface area contributed by atoms with Gasteiger partial charge in [-0.1, -0.05) is 0 Å². The minimum atomic E-state index is -2.29. The first-order chi connectivity index (χ1) is 23.3. The van der Waals surface area contributed by atoms with Crippen LogP contribution in [0.4, 0.5) is 0 Å². The molecular weight excluding hydrogens is 684 g/mol. The fraction of sp³-hybridized carbons (Fsp3) is 0.319. The summed E-state index contributed by atoms with van der Waals surface area (Å²) in [7, 11) is 0. The molecule has 0 saturated carbocycles. The predicted molar refractivity (Wildman–Crippen MR) is 214 cm³/mol. The van der Waals surface area contributed by atoms with Crippen molar-refractivity contribution in [2.75, 3.05) is 0 Å². The van der Waals surface area contributed by atoms with E-state index < -0.39 is 26.8 Å². The van der Waals surface area contributed by atoms with Crippen LogP contribution in [0.25, 0.3) is 39.5 Å². The summed E-state index contributed by atoms with van der Waals surface area (Å²) in [5.74, 6) is -1.01. The van der Waals surface area contributed by atoms with Gasteiger partial charge < -0.3 is 0 Å². The second-order valence-electron chi connectivity index (χ2n) is 16.9. The Morgan fingerprint density at radius 2 is 1.31 bits per heavy atom. The van der Waals surface area contributed by atoms with E-state index in [9.17, 15) is 0 Å². The predicted octanol–water partition coefficient (Wildman–Crippen LogP) is 12.4. The third-order valence-corrected chi connectivity index (χ3v) is 31.0. The molecule has 2 aliphatic rings. The first kappa shape index (κ1) is 34.4. The van der Waals surface area contributed by atoms with Gasteiger partial charge in [0.2, 0.25) is 0 Å². The summed E-state index contributed by atoms with van der Waals surface area (Å²) in [6.45, 7) is 22.1. The van der Waals surface area contributed by atoms with E-state index in [2.05, 4.69) is 171 Å². The van der Waals surface area contributed by atoms with Crippen molar-refractivity contribution in [1.82, 2.24) is 0 Å². The molecule has 2 heteroatoms. The normalized spacial score (nSPS) is 15.2. The first-order valence-corrected chi connectivity index (χ1v) is 28.3. The summed E-state index contributed by atoms with van der Waals surface area (Å²) in [6, 6.07) is 40.0. The minimum absolute atomic E-state index is 0.107. The maximum atomic E-state index is 2.74. The monoisotopic (exact) mass is 735 g/mol. The Kier molecular flexibility index (Phi) is 9.30. The van der Waals surface area contributed by atoms with Crippen LogP contribution < -0.4 is 3.27 Å². The molecule has 7 rings (SSSR count). The summed E-state index contributed by atoms with van der Waals surface area (Å²) in [6.07, 6.45) is 6.15. The van der Waals surface area contributed by atoms with Crippen molar-refractivity contribution >= 4 is 15.3 Å². The van der Waals surface area contributed by atoms with Crippen LogP contribution >= 0.6 is 0 Å². The van der Waals surface area contributed by atoms with Crippen molar-refractivity contribution < 1.29 is 20.9 Å². The maximum absolute atomic E-state index is 2.74. The Morgan fingerprint density at radius 1 is 0.653 bits per heavy atom. The molecule has 0 bridgehead atoms. The molecule has 0 radical (unpaired) electrons. The molecule has 0 fully saturated rings. The number of benzene rings is 5. The number of rotatable bonds is 7. The van der Waals surface area contributed by atoms with Crippen molar-refractivity contribution in [3.8, 4) is 33.4 Å². The Hall–Kier alpha value is -3.06. The van der Waals surface area contributed by atoms with E-state index in [4.69, 9.17) is 0 Å². The number of fused-ring (bicyclic) bond motifs is 4. The molecular formula is C47H53SiZr. The molecule has 1 unspecified atom stereocenters. The van der Waals surface area contributed by atoms with Gasteiger partial charge in [-0.25, -0.2) is 0 Å². The van der Waals surface area contributed by atoms with Gasteiger partial charge in [0.1, 0.15) is 0 Å². The molecule has 0 N–H and O–H groups in total. The zero-order chi connectivity index (χ0) is 34.7. The third-order valence-electron chi connectivity index (χ3n) is 11.0. The fourth-order valence-corrected chi connectivity index (χ4v) is 28.9. The second kappa shape index (κ2) is 13.2. The molecule has 249 valence electrons. The van der Waals surface area contributed by atoms with E-state index in [-0.39, 0.29) is 10.8 Å². The zero-order valence-corrected chi connectivity index (χ0v) is 34.8. The average molecular weight is 737 g/mol. The van der Waals surface area contributed by atoms with Gasteiger partial charge in [-0.15, -0.1) is 0 Å². The van der Waals surface area contributed by atoms with E-state index >= 15 is 0 Å². The van der Waals surface area contributed by atoms with Crippen molar-refractivity contribution in [2.45, 2.75) is 95.3 Å². The molecule has 0 saturated heterocycles. The van der Waals surface area contributed by atoms with E-state index in [1.54, 1.807) is 22.3 Å². The molecule has 49 heavy (non-hydrogen) atoms. The quantitative estimate of drug-likeness (QED) is 0.143. The van der Waals surface area contributed by atoms with Crippen molar-refractivity contribution in [3.05, 3.63) is 142 Å². The summed E-state index contributed by atoms with van der Waals surface area (Å²) >= 11 is -2.29. The Morgan fingerprint density at radius 3 is 1.96 bits per heavy atom. The standard InChI is InChI=1S/C24H21.C21H25.C2H7Si.Zr/c1-2-7-18-16-22-10-6-11-23(24(22)17-18)21-14-12-20(13-15-21)19-8-4-3-5-9-19;1-20(2,3)16-9-7-14-11-15-8-10-17(21(4,5)6)13-19(15)18(14)12-16;1-3-2;/h3-6,8-17H,2,7H2,1H3;7,9-10,12-13H,11H2,1-6H3;3H,1-2H3;. The number of hydrogen-bond acceptors (Lipinski definition) is 0. The fourth-order valence-electron chi connectivity index (χ4n) is 8.29. The van der Waals surface area contributed by atoms with Gasteiger partial charge in [0.05, 0.1) is 0 Å². The second-order valence-corrected chi connectivity index (χ2v) is 36.3. The Labute approximate surface area is 305 Å². The van der Waals surface area contributed by atoms with Crippen LogP contribution in [0.2, 0.25) is 13.1 Å². The average Bonchev–Trinajstić information content (AvgIpc) is 3.62. The Bertz CT molecular complexity index is 2030. The number of allylic oxidation sites excluding steroid dienone is 1. The van der Waals surface area contributed by atoms with Crippen LogP contribution in [0.5, 0.6) is 0 Å². The topological polar surface area (TPSA) is 0 Å². The van der Waals surface area contributed by atoms with Gasteiger partial charge in [-0.05, 0) is 0 Å². The molecule has 0 aliphatic heterocycles.